The van der Waals surface area contributed by atoms with Gasteiger partial charge in [-0.15, -0.1) is 5.10 Å². The van der Waals surface area contributed by atoms with Crippen molar-refractivity contribution in [3.8, 4) is 11.4 Å². The lowest BCUT2D eigenvalue weighted by atomic mass is 10.2. The fourth-order valence-electron chi connectivity index (χ4n) is 2.12. The molecular weight excluding hydrogens is 314 g/mol. The number of amides is 1. The molecule has 0 unspecified atom stereocenters. The monoisotopic (exact) mass is 335 g/mol. The van der Waals surface area contributed by atoms with Crippen LogP contribution in [0, 0.1) is 0 Å². The molecule has 0 aliphatic carbocycles. The summed E-state index contributed by atoms with van der Waals surface area (Å²) in [6, 6.07) is 7.68. The van der Waals surface area contributed by atoms with Crippen molar-refractivity contribution in [3.63, 3.8) is 0 Å². The van der Waals surface area contributed by atoms with E-state index in [1.807, 2.05) is 24.3 Å². The molecule has 7 nitrogen and oxygen atoms in total. The SMILES string of the molecule is CCC(CC)NC(=O)CSc1nnnn1-c1ccccc1OC. The fraction of sp³-hybridized carbons (Fsp3) is 0.467. The molecule has 1 heterocycles. The van der Waals surface area contributed by atoms with E-state index < -0.39 is 0 Å². The third-order valence-electron chi connectivity index (χ3n) is 3.44. The van der Waals surface area contributed by atoms with Crippen molar-refractivity contribution in [2.75, 3.05) is 12.9 Å². The van der Waals surface area contributed by atoms with Crippen molar-refractivity contribution in [1.29, 1.82) is 0 Å². The number of hydrogen-bond donors (Lipinski definition) is 1. The Balaban J connectivity index is 2.06. The van der Waals surface area contributed by atoms with Crippen LogP contribution in [0.5, 0.6) is 5.75 Å². The van der Waals surface area contributed by atoms with Crippen LogP contribution >= 0.6 is 11.8 Å². The summed E-state index contributed by atoms with van der Waals surface area (Å²) < 4.78 is 6.90. The maximum absolute atomic E-state index is 12.0. The highest BCUT2D eigenvalue weighted by Gasteiger charge is 2.15. The van der Waals surface area contributed by atoms with Gasteiger partial charge in [-0.05, 0) is 35.4 Å². The van der Waals surface area contributed by atoms with Crippen LogP contribution in [0.4, 0.5) is 0 Å². The maximum atomic E-state index is 12.0. The zero-order valence-corrected chi connectivity index (χ0v) is 14.3. The van der Waals surface area contributed by atoms with E-state index in [4.69, 9.17) is 4.74 Å². The van der Waals surface area contributed by atoms with Gasteiger partial charge in [0.05, 0.1) is 12.9 Å². The third kappa shape index (κ3) is 4.44. The molecule has 1 amide bonds. The second kappa shape index (κ2) is 8.52. The van der Waals surface area contributed by atoms with E-state index in [-0.39, 0.29) is 17.7 Å². The number of nitrogens with one attached hydrogen (secondary N) is 1. The zero-order valence-electron chi connectivity index (χ0n) is 13.5. The Morgan fingerprint density at radius 2 is 2.09 bits per heavy atom. The molecule has 0 fully saturated rings. The number of thioether (sulfide) groups is 1. The van der Waals surface area contributed by atoms with Crippen LogP contribution in [-0.4, -0.2) is 45.0 Å². The first-order chi connectivity index (χ1) is 11.2. The molecule has 0 aliphatic rings. The Kier molecular flexibility index (Phi) is 6.40. The van der Waals surface area contributed by atoms with Gasteiger partial charge in [-0.3, -0.25) is 4.79 Å². The summed E-state index contributed by atoms with van der Waals surface area (Å²) in [6.45, 7) is 4.12. The van der Waals surface area contributed by atoms with Gasteiger partial charge in [0.25, 0.3) is 0 Å². The molecule has 0 aliphatic heterocycles. The van der Waals surface area contributed by atoms with E-state index in [0.717, 1.165) is 18.5 Å². The van der Waals surface area contributed by atoms with E-state index in [9.17, 15) is 4.79 Å². The molecule has 124 valence electrons. The minimum atomic E-state index is -0.0155. The first kappa shape index (κ1) is 17.3. The van der Waals surface area contributed by atoms with E-state index in [1.54, 1.807) is 11.8 Å². The zero-order chi connectivity index (χ0) is 16.7. The molecular formula is C15H21N5O2S. The summed E-state index contributed by atoms with van der Waals surface area (Å²) in [5.41, 5.74) is 0.739. The van der Waals surface area contributed by atoms with Crippen LogP contribution in [0.1, 0.15) is 26.7 Å². The first-order valence-electron chi connectivity index (χ1n) is 7.53. The Morgan fingerprint density at radius 3 is 2.78 bits per heavy atom. The highest BCUT2D eigenvalue weighted by atomic mass is 32.2. The molecule has 0 saturated carbocycles. The highest BCUT2D eigenvalue weighted by molar-refractivity contribution is 7.99. The summed E-state index contributed by atoms with van der Waals surface area (Å²) in [5.74, 6) is 0.924. The summed E-state index contributed by atoms with van der Waals surface area (Å²) >= 11 is 1.30. The number of carbonyl (C=O) groups excluding carboxylic acids is 1. The van der Waals surface area contributed by atoms with Crippen LogP contribution in [-0.2, 0) is 4.79 Å². The summed E-state index contributed by atoms with van der Waals surface area (Å²) in [5, 5.41) is 15.2. The molecule has 2 rings (SSSR count). The first-order valence-corrected chi connectivity index (χ1v) is 8.52. The number of carbonyl (C=O) groups is 1. The average Bonchev–Trinajstić information content (AvgIpc) is 3.06. The smallest absolute Gasteiger partial charge is 0.230 e. The van der Waals surface area contributed by atoms with Gasteiger partial charge in [0, 0.05) is 6.04 Å². The van der Waals surface area contributed by atoms with E-state index >= 15 is 0 Å². The lowest BCUT2D eigenvalue weighted by Crippen LogP contribution is -2.35. The number of hydrogen-bond acceptors (Lipinski definition) is 6. The molecule has 0 saturated heterocycles. The van der Waals surface area contributed by atoms with Gasteiger partial charge in [0.1, 0.15) is 11.4 Å². The van der Waals surface area contributed by atoms with Gasteiger partial charge in [-0.1, -0.05) is 37.7 Å². The van der Waals surface area contributed by atoms with Gasteiger partial charge >= 0.3 is 0 Å². The van der Waals surface area contributed by atoms with Crippen molar-refractivity contribution < 1.29 is 9.53 Å². The average molecular weight is 335 g/mol. The topological polar surface area (TPSA) is 81.9 Å². The summed E-state index contributed by atoms with van der Waals surface area (Å²) in [6.07, 6.45) is 1.84. The number of para-hydroxylation sites is 2. The molecule has 0 radical (unpaired) electrons. The van der Waals surface area contributed by atoms with E-state index in [0.29, 0.717) is 10.9 Å². The van der Waals surface area contributed by atoms with E-state index in [1.165, 1.54) is 11.8 Å². The summed E-state index contributed by atoms with van der Waals surface area (Å²) in [4.78, 5) is 12.0. The number of ether oxygens (including phenoxy) is 1. The standard InChI is InChI=1S/C15H21N5O2S/c1-4-11(5-2)16-14(21)10-23-15-17-18-19-20(15)12-8-6-7-9-13(12)22-3/h6-9,11H,4-5,10H2,1-3H3,(H,16,21). The van der Waals surface area contributed by atoms with Gasteiger partial charge in [-0.2, -0.15) is 4.68 Å². The van der Waals surface area contributed by atoms with Gasteiger partial charge in [0.2, 0.25) is 11.1 Å². The second-order valence-electron chi connectivity index (χ2n) is 4.91. The third-order valence-corrected chi connectivity index (χ3v) is 4.36. The fourth-order valence-corrected chi connectivity index (χ4v) is 2.81. The Bertz CT molecular complexity index is 642. The largest absolute Gasteiger partial charge is 0.494 e. The number of methoxy groups -OCH3 is 1. The predicted molar refractivity (Wildman–Crippen MR) is 88.9 cm³/mol. The van der Waals surface area contributed by atoms with Crippen LogP contribution in [0.25, 0.3) is 5.69 Å². The Hall–Kier alpha value is -2.09. The Morgan fingerprint density at radius 1 is 1.35 bits per heavy atom. The quantitative estimate of drug-likeness (QED) is 0.744. The molecule has 1 N–H and O–H groups in total. The maximum Gasteiger partial charge on any atom is 0.230 e. The number of nitrogens with zero attached hydrogens (tertiary/aromatic N) is 4. The highest BCUT2D eigenvalue weighted by Crippen LogP contribution is 2.25. The van der Waals surface area contributed by atoms with Crippen molar-refractivity contribution in [1.82, 2.24) is 25.5 Å². The lowest BCUT2D eigenvalue weighted by molar-refractivity contribution is -0.119. The number of tetrazole rings is 1. The molecule has 1 aromatic carbocycles. The molecule has 2 aromatic rings. The molecule has 8 heteroatoms. The minimum Gasteiger partial charge on any atom is -0.494 e. The number of benzene rings is 1. The molecule has 0 spiro atoms. The molecule has 23 heavy (non-hydrogen) atoms. The molecule has 0 atom stereocenters. The lowest BCUT2D eigenvalue weighted by Gasteiger charge is -2.14. The second-order valence-corrected chi connectivity index (χ2v) is 5.86. The predicted octanol–water partition coefficient (Wildman–Crippen LogP) is 2.07. The van der Waals surface area contributed by atoms with Crippen molar-refractivity contribution >= 4 is 17.7 Å². The van der Waals surface area contributed by atoms with Crippen LogP contribution < -0.4 is 10.1 Å². The molecule has 1 aromatic heterocycles. The van der Waals surface area contributed by atoms with Crippen molar-refractivity contribution in [3.05, 3.63) is 24.3 Å². The number of rotatable bonds is 8. The Labute approximate surface area is 139 Å². The van der Waals surface area contributed by atoms with Crippen LogP contribution in [0.15, 0.2) is 29.4 Å². The normalized spacial score (nSPS) is 10.8. The minimum absolute atomic E-state index is 0.0155. The van der Waals surface area contributed by atoms with E-state index in [2.05, 4.69) is 34.7 Å². The van der Waals surface area contributed by atoms with Gasteiger partial charge < -0.3 is 10.1 Å². The number of aromatic nitrogens is 4. The van der Waals surface area contributed by atoms with Crippen LogP contribution in [0.3, 0.4) is 0 Å². The van der Waals surface area contributed by atoms with Gasteiger partial charge in [-0.25, -0.2) is 0 Å². The van der Waals surface area contributed by atoms with Crippen molar-refractivity contribution in [2.45, 2.75) is 37.9 Å². The van der Waals surface area contributed by atoms with Crippen LogP contribution in [0.2, 0.25) is 0 Å². The molecule has 0 bridgehead atoms. The van der Waals surface area contributed by atoms with Crippen molar-refractivity contribution in [2.24, 2.45) is 0 Å². The summed E-state index contributed by atoms with van der Waals surface area (Å²) in [7, 11) is 1.60. The van der Waals surface area contributed by atoms with Gasteiger partial charge in [0.15, 0.2) is 0 Å².